The van der Waals surface area contributed by atoms with E-state index >= 15 is 0 Å². The van der Waals surface area contributed by atoms with Gasteiger partial charge in [-0.05, 0) is 45.8 Å². The Hall–Kier alpha value is -0.0800. The van der Waals surface area contributed by atoms with Gasteiger partial charge in [0.05, 0.1) is 0 Å². The molecule has 1 rings (SSSR count). The number of nitrogens with zero attached hydrogens (tertiary/aromatic N) is 1. The quantitative estimate of drug-likeness (QED) is 0.681. The van der Waals surface area contributed by atoms with Crippen LogP contribution in [0.5, 0.6) is 0 Å². The summed E-state index contributed by atoms with van der Waals surface area (Å²) in [6.45, 7) is 6.93. The van der Waals surface area contributed by atoms with E-state index in [-0.39, 0.29) is 0 Å². The average Bonchev–Trinajstić information content (AvgIpc) is 2.62. The first-order valence-corrected chi connectivity index (χ1v) is 6.45. The van der Waals surface area contributed by atoms with Crippen molar-refractivity contribution in [1.29, 1.82) is 0 Å². The molecule has 0 aromatic carbocycles. The topological polar surface area (TPSA) is 15.3 Å². The van der Waals surface area contributed by atoms with Crippen LogP contribution in [0.1, 0.15) is 46.0 Å². The molecular weight excluding hydrogens is 184 g/mol. The van der Waals surface area contributed by atoms with Gasteiger partial charge in [-0.2, -0.15) is 0 Å². The minimum absolute atomic E-state index is 0.455. The largest absolute Gasteiger partial charge is 0.315 e. The van der Waals surface area contributed by atoms with Crippen molar-refractivity contribution in [2.75, 3.05) is 27.2 Å². The molecule has 1 aliphatic rings. The summed E-state index contributed by atoms with van der Waals surface area (Å²) in [5, 5.41) is 3.64. The Morgan fingerprint density at radius 1 is 1.20 bits per heavy atom. The van der Waals surface area contributed by atoms with Crippen molar-refractivity contribution >= 4 is 0 Å². The Bertz CT molecular complexity index is 169. The standard InChI is InChI=1S/C13H28N2/c1-12(2)7-10-14-11-13(15(3)4)8-5-6-9-13/h12,14H,5-11H2,1-4H3. The molecule has 15 heavy (non-hydrogen) atoms. The molecule has 2 heteroatoms. The van der Waals surface area contributed by atoms with Crippen LogP contribution in [0.15, 0.2) is 0 Å². The SMILES string of the molecule is CC(C)CCNCC1(N(C)C)CCCC1. The molecule has 0 radical (unpaired) electrons. The molecule has 0 atom stereocenters. The maximum Gasteiger partial charge on any atom is 0.0327 e. The van der Waals surface area contributed by atoms with E-state index in [1.54, 1.807) is 0 Å². The minimum atomic E-state index is 0.455. The molecule has 0 unspecified atom stereocenters. The molecule has 0 spiro atoms. The molecular formula is C13H28N2. The first-order valence-electron chi connectivity index (χ1n) is 6.45. The van der Waals surface area contributed by atoms with E-state index in [4.69, 9.17) is 0 Å². The van der Waals surface area contributed by atoms with Crippen LogP contribution in [0.4, 0.5) is 0 Å². The van der Waals surface area contributed by atoms with Gasteiger partial charge < -0.3 is 10.2 Å². The van der Waals surface area contributed by atoms with E-state index in [0.717, 1.165) is 5.92 Å². The fraction of sp³-hybridized carbons (Fsp3) is 1.00. The van der Waals surface area contributed by atoms with Crippen LogP contribution in [0.25, 0.3) is 0 Å². The number of likely N-dealkylation sites (N-methyl/N-ethyl adjacent to an activating group) is 1. The summed E-state index contributed by atoms with van der Waals surface area (Å²) >= 11 is 0. The highest BCUT2D eigenvalue weighted by atomic mass is 15.2. The predicted octanol–water partition coefficient (Wildman–Crippen LogP) is 2.50. The molecule has 1 fully saturated rings. The summed E-state index contributed by atoms with van der Waals surface area (Å²) in [7, 11) is 4.46. The van der Waals surface area contributed by atoms with Crippen molar-refractivity contribution < 1.29 is 0 Å². The van der Waals surface area contributed by atoms with E-state index in [0.29, 0.717) is 5.54 Å². The maximum atomic E-state index is 3.64. The Morgan fingerprint density at radius 2 is 1.80 bits per heavy atom. The lowest BCUT2D eigenvalue weighted by Crippen LogP contribution is -2.49. The third-order valence-corrected chi connectivity index (χ3v) is 3.84. The highest BCUT2D eigenvalue weighted by molar-refractivity contribution is 4.94. The van der Waals surface area contributed by atoms with Gasteiger partial charge in [-0.1, -0.05) is 26.7 Å². The van der Waals surface area contributed by atoms with E-state index in [9.17, 15) is 0 Å². The normalized spacial score (nSPS) is 20.4. The van der Waals surface area contributed by atoms with Crippen LogP contribution in [0.3, 0.4) is 0 Å². The molecule has 0 aromatic rings. The highest BCUT2D eigenvalue weighted by Crippen LogP contribution is 2.32. The summed E-state index contributed by atoms with van der Waals surface area (Å²) in [6, 6.07) is 0. The van der Waals surface area contributed by atoms with Crippen LogP contribution in [0, 0.1) is 5.92 Å². The second-order valence-electron chi connectivity index (χ2n) is 5.69. The highest BCUT2D eigenvalue weighted by Gasteiger charge is 2.35. The fourth-order valence-corrected chi connectivity index (χ4v) is 2.53. The smallest absolute Gasteiger partial charge is 0.0327 e. The van der Waals surface area contributed by atoms with Crippen molar-refractivity contribution in [2.24, 2.45) is 5.92 Å². The Kier molecular flexibility index (Phi) is 5.07. The molecule has 0 saturated heterocycles. The summed E-state index contributed by atoms with van der Waals surface area (Å²) in [4.78, 5) is 2.43. The third-order valence-electron chi connectivity index (χ3n) is 3.84. The van der Waals surface area contributed by atoms with Crippen molar-refractivity contribution in [3.05, 3.63) is 0 Å². The third kappa shape index (κ3) is 3.76. The number of nitrogens with one attached hydrogen (secondary N) is 1. The van der Waals surface area contributed by atoms with Gasteiger partial charge in [0.1, 0.15) is 0 Å². The lowest BCUT2D eigenvalue weighted by molar-refractivity contribution is 0.153. The zero-order valence-electron chi connectivity index (χ0n) is 11.0. The summed E-state index contributed by atoms with van der Waals surface area (Å²) in [5.41, 5.74) is 0.455. The van der Waals surface area contributed by atoms with Gasteiger partial charge in [0.2, 0.25) is 0 Å². The monoisotopic (exact) mass is 212 g/mol. The fourth-order valence-electron chi connectivity index (χ4n) is 2.53. The van der Waals surface area contributed by atoms with Crippen LogP contribution in [-0.2, 0) is 0 Å². The molecule has 0 aromatic heterocycles. The van der Waals surface area contributed by atoms with Gasteiger partial charge in [-0.15, -0.1) is 0 Å². The van der Waals surface area contributed by atoms with Crippen LogP contribution in [-0.4, -0.2) is 37.6 Å². The van der Waals surface area contributed by atoms with E-state index in [2.05, 4.69) is 38.2 Å². The maximum absolute atomic E-state index is 3.64. The number of hydrogen-bond donors (Lipinski definition) is 1. The van der Waals surface area contributed by atoms with E-state index in [1.807, 2.05) is 0 Å². The zero-order chi connectivity index (χ0) is 11.3. The summed E-state index contributed by atoms with van der Waals surface area (Å²) < 4.78 is 0. The lowest BCUT2D eigenvalue weighted by atomic mass is 9.96. The van der Waals surface area contributed by atoms with Gasteiger partial charge in [0.25, 0.3) is 0 Å². The Balaban J connectivity index is 2.27. The molecule has 0 heterocycles. The van der Waals surface area contributed by atoms with Gasteiger partial charge in [0.15, 0.2) is 0 Å². The van der Waals surface area contributed by atoms with Gasteiger partial charge in [-0.25, -0.2) is 0 Å². The minimum Gasteiger partial charge on any atom is -0.315 e. The first-order chi connectivity index (χ1) is 7.07. The molecule has 1 saturated carbocycles. The molecule has 90 valence electrons. The Morgan fingerprint density at radius 3 is 2.27 bits per heavy atom. The van der Waals surface area contributed by atoms with Crippen LogP contribution >= 0.6 is 0 Å². The molecule has 2 nitrogen and oxygen atoms in total. The van der Waals surface area contributed by atoms with Crippen molar-refractivity contribution in [3.63, 3.8) is 0 Å². The van der Waals surface area contributed by atoms with Crippen molar-refractivity contribution in [3.8, 4) is 0 Å². The van der Waals surface area contributed by atoms with E-state index < -0.39 is 0 Å². The van der Waals surface area contributed by atoms with Crippen molar-refractivity contribution in [2.45, 2.75) is 51.5 Å². The van der Waals surface area contributed by atoms with Gasteiger partial charge >= 0.3 is 0 Å². The van der Waals surface area contributed by atoms with E-state index in [1.165, 1.54) is 45.2 Å². The van der Waals surface area contributed by atoms with Crippen LogP contribution < -0.4 is 5.32 Å². The van der Waals surface area contributed by atoms with Crippen LogP contribution in [0.2, 0.25) is 0 Å². The van der Waals surface area contributed by atoms with Gasteiger partial charge in [-0.3, -0.25) is 0 Å². The summed E-state index contributed by atoms with van der Waals surface area (Å²) in [6.07, 6.45) is 6.85. The second kappa shape index (κ2) is 5.86. The molecule has 0 amide bonds. The second-order valence-corrected chi connectivity index (χ2v) is 5.69. The molecule has 0 bridgehead atoms. The van der Waals surface area contributed by atoms with Crippen molar-refractivity contribution in [1.82, 2.24) is 10.2 Å². The summed E-state index contributed by atoms with van der Waals surface area (Å²) in [5.74, 6) is 0.816. The Labute approximate surface area is 95.4 Å². The average molecular weight is 212 g/mol. The van der Waals surface area contributed by atoms with Gasteiger partial charge in [0, 0.05) is 12.1 Å². The predicted molar refractivity (Wildman–Crippen MR) is 67.2 cm³/mol. The molecule has 1 N–H and O–H groups in total. The molecule has 0 aliphatic heterocycles. The zero-order valence-corrected chi connectivity index (χ0v) is 11.0. The lowest BCUT2D eigenvalue weighted by Gasteiger charge is -2.36. The number of hydrogen-bond acceptors (Lipinski definition) is 2. The molecule has 1 aliphatic carbocycles. The number of rotatable bonds is 6. The first kappa shape index (κ1) is 13.0.